The van der Waals surface area contributed by atoms with Crippen LogP contribution in [0.3, 0.4) is 0 Å². The van der Waals surface area contributed by atoms with E-state index in [0.717, 1.165) is 61.6 Å². The molecule has 1 aliphatic rings. The smallest absolute Gasteiger partial charge is 0.274 e. The van der Waals surface area contributed by atoms with Crippen molar-refractivity contribution in [3.8, 4) is 0 Å². The molecule has 40 heavy (non-hydrogen) atoms. The highest BCUT2D eigenvalue weighted by atomic mass is 16.3. The molecule has 3 aromatic heterocycles. The molecule has 2 unspecified atom stereocenters. The van der Waals surface area contributed by atoms with Crippen molar-refractivity contribution in [2.45, 2.75) is 52.3 Å². The molecule has 0 aliphatic carbocycles. The number of nitrogens with one attached hydrogen (secondary N) is 1. The molecule has 9 heteroatoms. The minimum absolute atomic E-state index is 0.121. The summed E-state index contributed by atoms with van der Waals surface area (Å²) in [5.41, 5.74) is 5.93. The van der Waals surface area contributed by atoms with E-state index in [1.54, 1.807) is 4.90 Å². The number of imidazole rings is 2. The van der Waals surface area contributed by atoms with Crippen LogP contribution in [0.1, 0.15) is 46.3 Å². The third-order valence-corrected chi connectivity index (χ3v) is 8.23. The van der Waals surface area contributed by atoms with E-state index >= 15 is 0 Å². The molecule has 0 bridgehead atoms. The summed E-state index contributed by atoms with van der Waals surface area (Å²) in [6.07, 6.45) is 9.53. The molecule has 5 rings (SSSR count). The Hall–Kier alpha value is -3.69. The first kappa shape index (κ1) is 27.9. The van der Waals surface area contributed by atoms with Crippen molar-refractivity contribution in [3.63, 3.8) is 0 Å². The number of aliphatic hydroxyl groups excluding tert-OH is 1. The average Bonchev–Trinajstić information content (AvgIpc) is 3.58. The molecule has 1 saturated heterocycles. The number of aliphatic hydroxyl groups is 1. The van der Waals surface area contributed by atoms with E-state index in [0.29, 0.717) is 18.8 Å². The van der Waals surface area contributed by atoms with Crippen LogP contribution in [0.5, 0.6) is 0 Å². The summed E-state index contributed by atoms with van der Waals surface area (Å²) in [4.78, 5) is 26.6. The number of carbonyl (C=O) groups is 1. The Kier molecular flexibility index (Phi) is 8.52. The van der Waals surface area contributed by atoms with E-state index < -0.39 is 6.10 Å². The number of hydrogen-bond acceptors (Lipinski definition) is 6. The maximum absolute atomic E-state index is 13.5. The Morgan fingerprint density at radius 1 is 1.20 bits per heavy atom. The molecule has 2 N–H and O–H groups in total. The van der Waals surface area contributed by atoms with Gasteiger partial charge in [-0.1, -0.05) is 31.2 Å². The number of benzene rings is 1. The Morgan fingerprint density at radius 2 is 2.00 bits per heavy atom. The number of likely N-dealkylation sites (N-methyl/N-ethyl adjacent to an activating group) is 1. The fourth-order valence-electron chi connectivity index (χ4n) is 5.72. The number of amides is 1. The minimum atomic E-state index is -0.567. The molecule has 1 amide bonds. The van der Waals surface area contributed by atoms with Crippen LogP contribution in [0, 0.1) is 12.8 Å². The number of rotatable bonds is 10. The number of likely N-dealkylation sites (tertiary alicyclic amines) is 1. The zero-order chi connectivity index (χ0) is 28.2. The van der Waals surface area contributed by atoms with Gasteiger partial charge in [-0.25, -0.2) is 9.97 Å². The molecular weight excluding hydrogens is 502 g/mol. The number of anilines is 1. The number of pyridine rings is 1. The zero-order valence-corrected chi connectivity index (χ0v) is 24.0. The normalized spacial score (nSPS) is 17.5. The van der Waals surface area contributed by atoms with E-state index in [4.69, 9.17) is 4.98 Å². The van der Waals surface area contributed by atoms with Gasteiger partial charge in [-0.05, 0) is 61.9 Å². The molecule has 1 aliphatic heterocycles. The molecule has 4 heterocycles. The van der Waals surface area contributed by atoms with Gasteiger partial charge in [-0.15, -0.1) is 0 Å². The fourth-order valence-corrected chi connectivity index (χ4v) is 5.72. The van der Waals surface area contributed by atoms with Crippen molar-refractivity contribution >= 4 is 17.2 Å². The van der Waals surface area contributed by atoms with Gasteiger partial charge < -0.3 is 29.2 Å². The van der Waals surface area contributed by atoms with Crippen LogP contribution in [0.4, 0.5) is 5.69 Å². The highest BCUT2D eigenvalue weighted by Crippen LogP contribution is 2.26. The Balaban J connectivity index is 1.27. The molecule has 0 radical (unpaired) electrons. The maximum Gasteiger partial charge on any atom is 0.274 e. The lowest BCUT2D eigenvalue weighted by Gasteiger charge is -2.36. The summed E-state index contributed by atoms with van der Waals surface area (Å²) in [6.45, 7) is 7.54. The number of hydrogen-bond donors (Lipinski definition) is 2. The van der Waals surface area contributed by atoms with Crippen molar-refractivity contribution in [3.05, 3.63) is 83.3 Å². The first-order valence-electron chi connectivity index (χ1n) is 14.3. The first-order chi connectivity index (χ1) is 19.4. The van der Waals surface area contributed by atoms with Crippen LogP contribution < -0.4 is 10.2 Å². The highest BCUT2D eigenvalue weighted by Gasteiger charge is 2.32. The van der Waals surface area contributed by atoms with Crippen LogP contribution in [0.15, 0.2) is 55.1 Å². The van der Waals surface area contributed by atoms with Gasteiger partial charge in [0.2, 0.25) is 0 Å². The number of aromatic nitrogens is 4. The van der Waals surface area contributed by atoms with Crippen LogP contribution >= 0.6 is 0 Å². The molecule has 4 aromatic rings. The van der Waals surface area contributed by atoms with E-state index in [1.165, 1.54) is 11.1 Å². The van der Waals surface area contributed by atoms with Gasteiger partial charge in [0.05, 0.1) is 11.8 Å². The van der Waals surface area contributed by atoms with Crippen molar-refractivity contribution in [2.75, 3.05) is 38.6 Å². The molecule has 1 fully saturated rings. The highest BCUT2D eigenvalue weighted by molar-refractivity contribution is 5.93. The topological polar surface area (TPSA) is 90.9 Å². The fraction of sp³-hybridized carbons (Fsp3) is 0.452. The lowest BCUT2D eigenvalue weighted by Crippen LogP contribution is -2.47. The van der Waals surface area contributed by atoms with Crippen LogP contribution in [0.25, 0.3) is 5.65 Å². The quantitative estimate of drug-likeness (QED) is 0.319. The van der Waals surface area contributed by atoms with Crippen molar-refractivity contribution in [1.29, 1.82) is 0 Å². The Bertz CT molecular complexity index is 1460. The predicted molar refractivity (Wildman–Crippen MR) is 158 cm³/mol. The lowest BCUT2D eigenvalue weighted by atomic mass is 9.86. The number of carbonyl (C=O) groups excluding carboxylic acids is 1. The van der Waals surface area contributed by atoms with Crippen LogP contribution in [-0.4, -0.2) is 74.7 Å². The van der Waals surface area contributed by atoms with Gasteiger partial charge in [0.25, 0.3) is 5.91 Å². The van der Waals surface area contributed by atoms with Crippen LogP contribution in [0.2, 0.25) is 0 Å². The molecule has 2 atom stereocenters. The van der Waals surface area contributed by atoms with Crippen molar-refractivity contribution in [1.82, 2.24) is 29.2 Å². The Morgan fingerprint density at radius 3 is 2.70 bits per heavy atom. The third kappa shape index (κ3) is 5.90. The van der Waals surface area contributed by atoms with Gasteiger partial charge in [-0.2, -0.15) is 0 Å². The van der Waals surface area contributed by atoms with Gasteiger partial charge in [-0.3, -0.25) is 4.79 Å². The van der Waals surface area contributed by atoms with Crippen molar-refractivity contribution < 1.29 is 9.90 Å². The second-order valence-electron chi connectivity index (χ2n) is 10.9. The molecule has 9 nitrogen and oxygen atoms in total. The summed E-state index contributed by atoms with van der Waals surface area (Å²) in [6, 6.07) is 10.5. The van der Waals surface area contributed by atoms with Gasteiger partial charge in [0.15, 0.2) is 0 Å². The number of fused-ring (bicyclic) bond motifs is 1. The second kappa shape index (κ2) is 12.2. The van der Waals surface area contributed by atoms with Crippen LogP contribution in [-0.2, 0) is 25.9 Å². The second-order valence-corrected chi connectivity index (χ2v) is 10.9. The number of piperidine rings is 1. The molecule has 1 aromatic carbocycles. The monoisotopic (exact) mass is 543 g/mol. The summed E-state index contributed by atoms with van der Waals surface area (Å²) in [7, 11) is 4.03. The summed E-state index contributed by atoms with van der Waals surface area (Å²) in [5, 5.41) is 14.3. The lowest BCUT2D eigenvalue weighted by molar-refractivity contribution is 0.0194. The van der Waals surface area contributed by atoms with E-state index in [1.807, 2.05) is 43.2 Å². The van der Waals surface area contributed by atoms with Crippen molar-refractivity contribution in [2.24, 2.45) is 5.92 Å². The third-order valence-electron chi connectivity index (χ3n) is 8.23. The predicted octanol–water partition coefficient (Wildman–Crippen LogP) is 3.32. The molecule has 212 valence electrons. The summed E-state index contributed by atoms with van der Waals surface area (Å²) in [5.74, 6) is 1.01. The van der Waals surface area contributed by atoms with E-state index in [-0.39, 0.29) is 11.8 Å². The molecule has 0 spiro atoms. The largest absolute Gasteiger partial charge is 0.391 e. The number of β-amino-alcohol motifs (C(OH)–C–C–N with tert-alkyl or cyclic N) is 1. The summed E-state index contributed by atoms with van der Waals surface area (Å²) >= 11 is 0. The minimum Gasteiger partial charge on any atom is -0.391 e. The zero-order valence-electron chi connectivity index (χ0n) is 24.0. The number of aryl methyl sites for hydroxylation is 2. The Labute approximate surface area is 236 Å². The van der Waals surface area contributed by atoms with E-state index in [9.17, 15) is 9.90 Å². The van der Waals surface area contributed by atoms with E-state index in [2.05, 4.69) is 64.1 Å². The number of nitrogens with zero attached hydrogens (tertiary/aromatic N) is 6. The SMILES string of the molecule is CCc1cc(N(C)CCn2ccnc2C)cn2cc(C(=O)N3CCC(Cc4ccccc4CNC)C(O)C3)nc12. The van der Waals surface area contributed by atoms with Gasteiger partial charge in [0, 0.05) is 64.6 Å². The summed E-state index contributed by atoms with van der Waals surface area (Å²) < 4.78 is 4.12. The molecule has 0 saturated carbocycles. The van der Waals surface area contributed by atoms with Gasteiger partial charge >= 0.3 is 0 Å². The molecular formula is C31H41N7O2. The van der Waals surface area contributed by atoms with Gasteiger partial charge in [0.1, 0.15) is 17.2 Å². The first-order valence-corrected chi connectivity index (χ1v) is 14.3. The standard InChI is InChI=1S/C31H41N7O2/c1-5-23-17-27(35(4)14-15-36-13-11-33-22(36)2)19-38-20-28(34-30(23)38)31(40)37-12-10-25(29(39)21-37)16-24-8-6-7-9-26(24)18-32-3/h6-9,11,13,17,19-20,25,29,32,39H,5,10,12,14-16,18,21H2,1-4H3. The average molecular weight is 544 g/mol. The maximum atomic E-state index is 13.5.